The number of hydrogen-bond acceptors (Lipinski definition) is 5. The summed E-state index contributed by atoms with van der Waals surface area (Å²) >= 11 is 0. The van der Waals surface area contributed by atoms with Crippen molar-refractivity contribution in [3.8, 4) is 5.75 Å². The van der Waals surface area contributed by atoms with Gasteiger partial charge in [0.05, 0.1) is 30.3 Å². The average molecular weight is 388 g/mol. The summed E-state index contributed by atoms with van der Waals surface area (Å²) in [6.07, 6.45) is 0.728. The molecule has 2 aromatic carbocycles. The molecule has 2 amide bonds. The highest BCUT2D eigenvalue weighted by Gasteiger charge is 2.70. The minimum atomic E-state index is -0.292. The van der Waals surface area contributed by atoms with Crippen LogP contribution in [0.15, 0.2) is 59.8 Å². The van der Waals surface area contributed by atoms with Crippen molar-refractivity contribution in [2.24, 2.45) is 34.7 Å². The molecule has 2 aliphatic carbocycles. The van der Waals surface area contributed by atoms with Gasteiger partial charge >= 0.3 is 0 Å². The summed E-state index contributed by atoms with van der Waals surface area (Å²) in [7, 11) is 1.64. The highest BCUT2D eigenvalue weighted by atomic mass is 16.6. The number of rotatable bonds is 3. The van der Waals surface area contributed by atoms with Gasteiger partial charge in [-0.25, -0.2) is 0 Å². The SMILES string of the molecule is COc1ccc(C2=NO[C@H]3[C@@H]4C[C@@H]([C@@H]23)[C@H]2C(=O)N(c3ccccc3)C(=O)[C@H]42)cc1. The molecule has 2 bridgehead atoms. The number of imide groups is 1. The topological polar surface area (TPSA) is 68.2 Å². The van der Waals surface area contributed by atoms with E-state index in [1.54, 1.807) is 7.11 Å². The summed E-state index contributed by atoms with van der Waals surface area (Å²) in [5.41, 5.74) is 2.53. The molecule has 6 rings (SSSR count). The smallest absolute Gasteiger partial charge is 0.238 e. The molecule has 6 nitrogen and oxygen atoms in total. The Balaban J connectivity index is 1.34. The summed E-state index contributed by atoms with van der Waals surface area (Å²) < 4.78 is 5.25. The second-order valence-electron chi connectivity index (χ2n) is 8.26. The second kappa shape index (κ2) is 5.92. The molecule has 4 aliphatic rings. The van der Waals surface area contributed by atoms with Crippen LogP contribution in [-0.4, -0.2) is 30.7 Å². The van der Waals surface area contributed by atoms with Crippen LogP contribution in [-0.2, 0) is 14.4 Å². The van der Waals surface area contributed by atoms with E-state index in [2.05, 4.69) is 5.16 Å². The third kappa shape index (κ3) is 2.14. The van der Waals surface area contributed by atoms with Gasteiger partial charge in [-0.1, -0.05) is 23.4 Å². The van der Waals surface area contributed by atoms with Gasteiger partial charge in [0.15, 0.2) is 0 Å². The van der Waals surface area contributed by atoms with Crippen LogP contribution in [0.2, 0.25) is 0 Å². The highest BCUT2D eigenvalue weighted by Crippen LogP contribution is 2.62. The van der Waals surface area contributed by atoms with Crippen LogP contribution in [0.4, 0.5) is 5.69 Å². The lowest BCUT2D eigenvalue weighted by atomic mass is 9.71. The zero-order valence-corrected chi connectivity index (χ0v) is 15.9. The number of amides is 2. The van der Waals surface area contributed by atoms with Gasteiger partial charge in [0.2, 0.25) is 11.8 Å². The Morgan fingerprint density at radius 1 is 0.931 bits per heavy atom. The van der Waals surface area contributed by atoms with Crippen LogP contribution in [0.25, 0.3) is 0 Å². The molecular formula is C23H20N2O4. The molecule has 2 aromatic rings. The maximum absolute atomic E-state index is 13.3. The Morgan fingerprint density at radius 2 is 1.62 bits per heavy atom. The van der Waals surface area contributed by atoms with E-state index < -0.39 is 0 Å². The first-order valence-electron chi connectivity index (χ1n) is 10.00. The number of fused-ring (bicyclic) bond motifs is 8. The van der Waals surface area contributed by atoms with Crippen molar-refractivity contribution >= 4 is 23.2 Å². The third-order valence-corrected chi connectivity index (χ3v) is 7.09. The first kappa shape index (κ1) is 16.8. The zero-order chi connectivity index (χ0) is 19.7. The Kier molecular flexibility index (Phi) is 3.43. The van der Waals surface area contributed by atoms with Gasteiger partial charge in [-0.3, -0.25) is 14.5 Å². The first-order chi connectivity index (χ1) is 14.2. The molecule has 1 saturated heterocycles. The Labute approximate surface area is 168 Å². The van der Waals surface area contributed by atoms with E-state index in [4.69, 9.17) is 9.57 Å². The van der Waals surface area contributed by atoms with Crippen molar-refractivity contribution in [1.82, 2.24) is 0 Å². The van der Waals surface area contributed by atoms with E-state index >= 15 is 0 Å². The van der Waals surface area contributed by atoms with Crippen molar-refractivity contribution in [3.63, 3.8) is 0 Å². The molecule has 0 radical (unpaired) electrons. The normalized spacial score (nSPS) is 34.1. The predicted octanol–water partition coefficient (Wildman–Crippen LogP) is 2.87. The zero-order valence-electron chi connectivity index (χ0n) is 15.9. The largest absolute Gasteiger partial charge is 0.497 e. The van der Waals surface area contributed by atoms with Gasteiger partial charge in [0.25, 0.3) is 0 Å². The molecule has 2 saturated carbocycles. The average Bonchev–Trinajstić information content (AvgIpc) is 3.49. The Bertz CT molecular complexity index is 1030. The van der Waals surface area contributed by atoms with Crippen LogP contribution >= 0.6 is 0 Å². The monoisotopic (exact) mass is 388 g/mol. The fourth-order valence-electron chi connectivity index (χ4n) is 5.96. The van der Waals surface area contributed by atoms with Crippen LogP contribution in [0.3, 0.4) is 0 Å². The third-order valence-electron chi connectivity index (χ3n) is 7.09. The maximum Gasteiger partial charge on any atom is 0.238 e. The van der Waals surface area contributed by atoms with Crippen LogP contribution in [0.1, 0.15) is 12.0 Å². The second-order valence-corrected chi connectivity index (χ2v) is 8.26. The summed E-state index contributed by atoms with van der Waals surface area (Å²) in [6, 6.07) is 17.0. The molecule has 0 aromatic heterocycles. The molecule has 0 unspecified atom stereocenters. The van der Waals surface area contributed by atoms with Gasteiger partial charge in [0.1, 0.15) is 11.9 Å². The first-order valence-corrected chi connectivity index (χ1v) is 10.00. The number of carbonyl (C=O) groups excluding carboxylic acids is 2. The highest BCUT2D eigenvalue weighted by molar-refractivity contribution is 6.23. The molecule has 6 heteroatoms. The number of methoxy groups -OCH3 is 1. The van der Waals surface area contributed by atoms with E-state index in [9.17, 15) is 9.59 Å². The van der Waals surface area contributed by atoms with Crippen LogP contribution < -0.4 is 9.64 Å². The van der Waals surface area contributed by atoms with Gasteiger partial charge in [0, 0.05) is 17.4 Å². The van der Waals surface area contributed by atoms with E-state index in [-0.39, 0.29) is 47.5 Å². The number of benzene rings is 2. The van der Waals surface area contributed by atoms with Crippen LogP contribution in [0, 0.1) is 29.6 Å². The molecule has 2 aliphatic heterocycles. The number of para-hydroxylation sites is 1. The fourth-order valence-corrected chi connectivity index (χ4v) is 5.96. The van der Waals surface area contributed by atoms with Gasteiger partial charge in [-0.15, -0.1) is 0 Å². The van der Waals surface area contributed by atoms with Crippen molar-refractivity contribution in [3.05, 3.63) is 60.2 Å². The van der Waals surface area contributed by atoms with Crippen LogP contribution in [0.5, 0.6) is 5.75 Å². The van der Waals surface area contributed by atoms with Gasteiger partial charge in [-0.05, 0) is 48.7 Å². The van der Waals surface area contributed by atoms with E-state index in [0.29, 0.717) is 5.69 Å². The van der Waals surface area contributed by atoms with Crippen molar-refractivity contribution in [2.45, 2.75) is 12.5 Å². The number of carbonyl (C=O) groups is 2. The standard InChI is InChI=1S/C23H20N2O4/c1-28-14-9-7-12(8-10-14)20-19-15-11-16(21(19)29-24-20)18-17(15)22(26)25(23(18)27)13-5-3-2-4-6-13/h2-10,15-19,21H,11H2,1H3/t15-,16-,17-,18-,19+,21+/m1/s1. The van der Waals surface area contributed by atoms with E-state index in [0.717, 1.165) is 23.4 Å². The molecule has 6 atom stereocenters. The number of hydrogen-bond donors (Lipinski definition) is 0. The van der Waals surface area contributed by atoms with Gasteiger partial charge < -0.3 is 9.57 Å². The lowest BCUT2D eigenvalue weighted by Gasteiger charge is -2.29. The van der Waals surface area contributed by atoms with Crippen molar-refractivity contribution in [2.75, 3.05) is 12.0 Å². The van der Waals surface area contributed by atoms with E-state index in [1.807, 2.05) is 54.6 Å². The maximum atomic E-state index is 13.3. The number of anilines is 1. The fraction of sp³-hybridized carbons (Fsp3) is 0.348. The molecule has 0 spiro atoms. The molecular weight excluding hydrogens is 368 g/mol. The van der Waals surface area contributed by atoms with E-state index in [1.165, 1.54) is 4.90 Å². The number of nitrogens with zero attached hydrogens (tertiary/aromatic N) is 2. The van der Waals surface area contributed by atoms with Crippen molar-refractivity contribution < 1.29 is 19.2 Å². The number of oxime groups is 1. The quantitative estimate of drug-likeness (QED) is 0.759. The minimum Gasteiger partial charge on any atom is -0.497 e. The lowest BCUT2D eigenvalue weighted by Crippen LogP contribution is -2.41. The summed E-state index contributed by atoms with van der Waals surface area (Å²) in [4.78, 5) is 33.7. The molecule has 0 N–H and O–H groups in total. The number of ether oxygens (including phenoxy) is 1. The lowest BCUT2D eigenvalue weighted by molar-refractivity contribution is -0.125. The van der Waals surface area contributed by atoms with Gasteiger partial charge in [-0.2, -0.15) is 0 Å². The molecule has 29 heavy (non-hydrogen) atoms. The minimum absolute atomic E-state index is 0.0414. The summed E-state index contributed by atoms with van der Waals surface area (Å²) in [6.45, 7) is 0. The summed E-state index contributed by atoms with van der Waals surface area (Å²) in [5.74, 6) is 0.244. The molecule has 2 heterocycles. The predicted molar refractivity (Wildman–Crippen MR) is 105 cm³/mol. The molecule has 3 fully saturated rings. The summed E-state index contributed by atoms with van der Waals surface area (Å²) in [5, 5.41) is 4.38. The van der Waals surface area contributed by atoms with Crippen molar-refractivity contribution in [1.29, 1.82) is 0 Å². The Morgan fingerprint density at radius 3 is 2.31 bits per heavy atom. The Hall–Kier alpha value is -3.15. The molecule has 146 valence electrons.